The number of aromatic nitrogens is 1. The first-order valence-electron chi connectivity index (χ1n) is 7.72. The topological polar surface area (TPSA) is 47.0 Å². The number of carbonyl (C=O) groups excluding carboxylic acids is 2. The SMILES string of the molecule is CC1=C(Cc2ccccc2)C(=O)c2c(C)c(C)nc(C)c2C1=O. The van der Waals surface area contributed by atoms with Gasteiger partial charge in [0, 0.05) is 34.5 Å². The van der Waals surface area contributed by atoms with Crippen molar-refractivity contribution in [1.82, 2.24) is 4.98 Å². The largest absolute Gasteiger partial charge is 0.289 e. The predicted molar refractivity (Wildman–Crippen MR) is 90.0 cm³/mol. The molecular weight excluding hydrogens is 286 g/mol. The van der Waals surface area contributed by atoms with Gasteiger partial charge in [-0.2, -0.15) is 0 Å². The number of rotatable bonds is 2. The highest BCUT2D eigenvalue weighted by molar-refractivity contribution is 6.27. The number of fused-ring (bicyclic) bond motifs is 1. The van der Waals surface area contributed by atoms with Crippen molar-refractivity contribution in [2.45, 2.75) is 34.1 Å². The number of hydrogen-bond donors (Lipinski definition) is 0. The van der Waals surface area contributed by atoms with Crippen LogP contribution in [0.15, 0.2) is 41.5 Å². The highest BCUT2D eigenvalue weighted by Crippen LogP contribution is 2.32. The van der Waals surface area contributed by atoms with Gasteiger partial charge in [0.25, 0.3) is 0 Å². The van der Waals surface area contributed by atoms with Crippen LogP contribution in [-0.2, 0) is 6.42 Å². The molecule has 1 aromatic heterocycles. The maximum atomic E-state index is 13.1. The second-order valence-electron chi connectivity index (χ2n) is 6.08. The highest BCUT2D eigenvalue weighted by atomic mass is 16.1. The van der Waals surface area contributed by atoms with Crippen LogP contribution in [0.25, 0.3) is 0 Å². The number of carbonyl (C=O) groups is 2. The van der Waals surface area contributed by atoms with E-state index in [2.05, 4.69) is 4.98 Å². The third-order valence-corrected chi connectivity index (χ3v) is 4.61. The van der Waals surface area contributed by atoms with Gasteiger partial charge in [0.1, 0.15) is 0 Å². The van der Waals surface area contributed by atoms with E-state index >= 15 is 0 Å². The van der Waals surface area contributed by atoms with E-state index in [0.717, 1.165) is 16.8 Å². The average Bonchev–Trinajstić information content (AvgIpc) is 2.53. The van der Waals surface area contributed by atoms with Crippen LogP contribution in [0.5, 0.6) is 0 Å². The minimum absolute atomic E-state index is 0.0351. The molecular formula is C20H19NO2. The number of allylic oxidation sites excluding steroid dienone is 2. The normalized spacial score (nSPS) is 14.3. The maximum Gasteiger partial charge on any atom is 0.191 e. The van der Waals surface area contributed by atoms with Gasteiger partial charge in [0.05, 0.1) is 5.56 Å². The van der Waals surface area contributed by atoms with Crippen LogP contribution in [0, 0.1) is 20.8 Å². The lowest BCUT2D eigenvalue weighted by molar-refractivity contribution is 0.0971. The van der Waals surface area contributed by atoms with Gasteiger partial charge in [0.15, 0.2) is 11.6 Å². The van der Waals surface area contributed by atoms with Crippen molar-refractivity contribution in [3.05, 3.63) is 75.1 Å². The number of Topliss-reactive ketones (excluding diaryl/α,β-unsaturated/α-hetero) is 2. The molecule has 2 aromatic rings. The Morgan fingerprint density at radius 2 is 1.48 bits per heavy atom. The molecule has 1 aliphatic carbocycles. The van der Waals surface area contributed by atoms with Crippen molar-refractivity contribution in [3.63, 3.8) is 0 Å². The monoisotopic (exact) mass is 305 g/mol. The molecule has 0 N–H and O–H groups in total. The van der Waals surface area contributed by atoms with Crippen LogP contribution in [0.1, 0.15) is 50.2 Å². The van der Waals surface area contributed by atoms with Crippen LogP contribution in [0.3, 0.4) is 0 Å². The Bertz CT molecular complexity index is 861. The number of pyridine rings is 1. The van der Waals surface area contributed by atoms with Gasteiger partial charge in [-0.25, -0.2) is 0 Å². The maximum absolute atomic E-state index is 13.1. The van der Waals surface area contributed by atoms with E-state index in [1.807, 2.05) is 44.2 Å². The van der Waals surface area contributed by atoms with E-state index in [1.165, 1.54) is 0 Å². The van der Waals surface area contributed by atoms with E-state index in [1.54, 1.807) is 13.8 Å². The van der Waals surface area contributed by atoms with Crippen LogP contribution < -0.4 is 0 Å². The molecule has 0 spiro atoms. The van der Waals surface area contributed by atoms with Crippen LogP contribution in [0.4, 0.5) is 0 Å². The van der Waals surface area contributed by atoms with E-state index in [0.29, 0.717) is 34.4 Å². The summed E-state index contributed by atoms with van der Waals surface area (Å²) in [5.41, 5.74) is 5.44. The summed E-state index contributed by atoms with van der Waals surface area (Å²) in [5, 5.41) is 0. The Hall–Kier alpha value is -2.55. The summed E-state index contributed by atoms with van der Waals surface area (Å²) in [6.45, 7) is 7.29. The minimum atomic E-state index is -0.0707. The van der Waals surface area contributed by atoms with Gasteiger partial charge in [-0.05, 0) is 38.8 Å². The zero-order valence-electron chi connectivity index (χ0n) is 13.9. The zero-order chi connectivity index (χ0) is 16.7. The number of nitrogens with zero attached hydrogens (tertiary/aromatic N) is 1. The molecule has 1 aliphatic rings. The van der Waals surface area contributed by atoms with Crippen molar-refractivity contribution in [3.8, 4) is 0 Å². The molecule has 0 saturated heterocycles. The first kappa shape index (κ1) is 15.3. The van der Waals surface area contributed by atoms with Gasteiger partial charge in [0.2, 0.25) is 0 Å². The fourth-order valence-corrected chi connectivity index (χ4v) is 3.16. The molecule has 3 nitrogen and oxygen atoms in total. The third kappa shape index (κ3) is 2.42. The Morgan fingerprint density at radius 1 is 0.826 bits per heavy atom. The standard InChI is InChI=1S/C20H19NO2/c1-11-13(3)21-14(4)18-17(11)20(23)16(12(2)19(18)22)10-15-8-6-5-7-9-15/h5-9H,10H2,1-4H3. The molecule has 1 aromatic carbocycles. The van der Waals surface area contributed by atoms with E-state index in [9.17, 15) is 9.59 Å². The van der Waals surface area contributed by atoms with Crippen LogP contribution in [-0.4, -0.2) is 16.6 Å². The van der Waals surface area contributed by atoms with Crippen molar-refractivity contribution in [2.75, 3.05) is 0 Å². The molecule has 0 aliphatic heterocycles. The second-order valence-corrected chi connectivity index (χ2v) is 6.08. The lowest BCUT2D eigenvalue weighted by atomic mass is 9.79. The van der Waals surface area contributed by atoms with Crippen molar-refractivity contribution < 1.29 is 9.59 Å². The fourth-order valence-electron chi connectivity index (χ4n) is 3.16. The van der Waals surface area contributed by atoms with Crippen LogP contribution in [0.2, 0.25) is 0 Å². The quantitative estimate of drug-likeness (QED) is 0.844. The molecule has 0 radical (unpaired) electrons. The summed E-state index contributed by atoms with van der Waals surface area (Å²) < 4.78 is 0. The predicted octanol–water partition coefficient (Wildman–Crippen LogP) is 3.95. The fraction of sp³-hybridized carbons (Fsp3) is 0.250. The summed E-state index contributed by atoms with van der Waals surface area (Å²) in [5.74, 6) is -0.106. The molecule has 116 valence electrons. The second kappa shape index (κ2) is 5.58. The number of aryl methyl sites for hydroxylation is 2. The van der Waals surface area contributed by atoms with Gasteiger partial charge < -0.3 is 0 Å². The summed E-state index contributed by atoms with van der Waals surface area (Å²) in [6, 6.07) is 9.78. The Balaban J connectivity index is 2.17. The Labute approximate surface area is 136 Å². The number of hydrogen-bond acceptors (Lipinski definition) is 3. The first-order chi connectivity index (χ1) is 10.9. The molecule has 0 saturated carbocycles. The lowest BCUT2D eigenvalue weighted by Crippen LogP contribution is -2.25. The van der Waals surface area contributed by atoms with Gasteiger partial charge in [-0.3, -0.25) is 14.6 Å². The average molecular weight is 305 g/mol. The van der Waals surface area contributed by atoms with E-state index < -0.39 is 0 Å². The first-order valence-corrected chi connectivity index (χ1v) is 7.72. The van der Waals surface area contributed by atoms with E-state index in [-0.39, 0.29) is 11.6 Å². The molecule has 0 atom stereocenters. The van der Waals surface area contributed by atoms with E-state index in [4.69, 9.17) is 0 Å². The molecule has 3 rings (SSSR count). The molecule has 0 amide bonds. The van der Waals surface area contributed by atoms with Gasteiger partial charge >= 0.3 is 0 Å². The van der Waals surface area contributed by atoms with Crippen molar-refractivity contribution in [2.24, 2.45) is 0 Å². The summed E-state index contributed by atoms with van der Waals surface area (Å²) in [6.07, 6.45) is 0.483. The van der Waals surface area contributed by atoms with Gasteiger partial charge in [-0.15, -0.1) is 0 Å². The Kier molecular flexibility index (Phi) is 3.72. The molecule has 0 bridgehead atoms. The zero-order valence-corrected chi connectivity index (χ0v) is 13.9. The van der Waals surface area contributed by atoms with Crippen LogP contribution >= 0.6 is 0 Å². The highest BCUT2D eigenvalue weighted by Gasteiger charge is 2.33. The lowest BCUT2D eigenvalue weighted by Gasteiger charge is -2.23. The summed E-state index contributed by atoms with van der Waals surface area (Å²) in [4.78, 5) is 30.3. The van der Waals surface area contributed by atoms with Gasteiger partial charge in [-0.1, -0.05) is 30.3 Å². The molecule has 3 heteroatoms. The minimum Gasteiger partial charge on any atom is -0.289 e. The van der Waals surface area contributed by atoms with Crippen molar-refractivity contribution in [1.29, 1.82) is 0 Å². The molecule has 1 heterocycles. The third-order valence-electron chi connectivity index (χ3n) is 4.61. The molecule has 23 heavy (non-hydrogen) atoms. The number of benzene rings is 1. The molecule has 0 fully saturated rings. The number of ketones is 2. The smallest absolute Gasteiger partial charge is 0.191 e. The summed E-state index contributed by atoms with van der Waals surface area (Å²) >= 11 is 0. The summed E-state index contributed by atoms with van der Waals surface area (Å²) in [7, 11) is 0. The Morgan fingerprint density at radius 3 is 2.13 bits per heavy atom. The van der Waals surface area contributed by atoms with Crippen molar-refractivity contribution >= 4 is 11.6 Å². The molecule has 0 unspecified atom stereocenters.